The highest BCUT2D eigenvalue weighted by molar-refractivity contribution is 5.98. The third-order valence-electron chi connectivity index (χ3n) is 7.79. The summed E-state index contributed by atoms with van der Waals surface area (Å²) in [5.41, 5.74) is 1.97. The third-order valence-corrected chi connectivity index (χ3v) is 7.79. The molecule has 8 nitrogen and oxygen atoms in total. The van der Waals surface area contributed by atoms with Gasteiger partial charge in [-0.25, -0.2) is 0 Å². The first-order valence-electron chi connectivity index (χ1n) is 12.8. The van der Waals surface area contributed by atoms with Crippen molar-refractivity contribution in [1.82, 2.24) is 14.7 Å². The van der Waals surface area contributed by atoms with E-state index in [-0.39, 0.29) is 24.3 Å². The number of likely N-dealkylation sites (tertiary alicyclic amines) is 1. The summed E-state index contributed by atoms with van der Waals surface area (Å²) in [6.45, 7) is 2.07. The van der Waals surface area contributed by atoms with E-state index in [0.717, 1.165) is 12.0 Å². The summed E-state index contributed by atoms with van der Waals surface area (Å²) in [4.78, 5) is 45.8. The first-order valence-corrected chi connectivity index (χ1v) is 12.8. The van der Waals surface area contributed by atoms with Crippen molar-refractivity contribution < 1.29 is 23.5 Å². The van der Waals surface area contributed by atoms with Crippen LogP contribution < -0.4 is 0 Å². The van der Waals surface area contributed by atoms with E-state index >= 15 is 0 Å². The fourth-order valence-corrected chi connectivity index (χ4v) is 5.79. The number of amides is 3. The second-order valence-corrected chi connectivity index (χ2v) is 9.86. The number of fused-ring (bicyclic) bond motifs is 1. The van der Waals surface area contributed by atoms with Gasteiger partial charge in [0.15, 0.2) is 5.76 Å². The first-order chi connectivity index (χ1) is 18.1. The van der Waals surface area contributed by atoms with E-state index in [1.54, 1.807) is 34.1 Å². The summed E-state index contributed by atoms with van der Waals surface area (Å²) >= 11 is 0. The minimum absolute atomic E-state index is 0.0928. The summed E-state index contributed by atoms with van der Waals surface area (Å²) < 4.78 is 11.6. The predicted molar refractivity (Wildman–Crippen MR) is 134 cm³/mol. The maximum atomic E-state index is 13.9. The summed E-state index contributed by atoms with van der Waals surface area (Å²) in [6.07, 6.45) is 3.11. The maximum absolute atomic E-state index is 13.9. The molecule has 3 aliphatic heterocycles. The Balaban J connectivity index is 1.26. The van der Waals surface area contributed by atoms with Gasteiger partial charge in [-0.05, 0) is 41.8 Å². The van der Waals surface area contributed by atoms with E-state index in [2.05, 4.69) is 12.1 Å². The highest BCUT2D eigenvalue weighted by Crippen LogP contribution is 2.39. The van der Waals surface area contributed by atoms with E-state index in [4.69, 9.17) is 9.15 Å². The molecule has 4 heterocycles. The van der Waals surface area contributed by atoms with Crippen LogP contribution in [0.5, 0.6) is 0 Å². The van der Waals surface area contributed by atoms with Crippen LogP contribution >= 0.6 is 0 Å². The van der Waals surface area contributed by atoms with Gasteiger partial charge in [-0.2, -0.15) is 0 Å². The number of piperidine rings is 1. The lowest BCUT2D eigenvalue weighted by molar-refractivity contribution is -0.138. The topological polar surface area (TPSA) is 83.3 Å². The Bertz CT molecular complexity index is 1300. The Morgan fingerprint density at radius 1 is 0.784 bits per heavy atom. The molecule has 6 rings (SSSR count). The number of carbonyl (C=O) groups excluding carboxylic acids is 3. The highest BCUT2D eigenvalue weighted by atomic mass is 16.5. The summed E-state index contributed by atoms with van der Waals surface area (Å²) in [6, 6.07) is 19.8. The Morgan fingerprint density at radius 3 is 2.24 bits per heavy atom. The number of nitrogens with zero attached hydrogens (tertiary/aromatic N) is 3. The molecule has 2 saturated heterocycles. The quantitative estimate of drug-likeness (QED) is 0.552. The monoisotopic (exact) mass is 499 g/mol. The minimum Gasteiger partial charge on any atom is -0.459 e. The summed E-state index contributed by atoms with van der Waals surface area (Å²) in [7, 11) is 0. The van der Waals surface area contributed by atoms with Gasteiger partial charge in [0.05, 0.1) is 12.9 Å². The van der Waals surface area contributed by atoms with Gasteiger partial charge in [0.1, 0.15) is 11.8 Å². The number of rotatable bonds is 3. The fraction of sp³-hybridized carbons (Fsp3) is 0.345. The van der Waals surface area contributed by atoms with Gasteiger partial charge in [0.25, 0.3) is 11.8 Å². The molecule has 3 aliphatic rings. The molecule has 8 heteroatoms. The van der Waals surface area contributed by atoms with Gasteiger partial charge in [-0.3, -0.25) is 19.3 Å². The molecule has 3 amide bonds. The SMILES string of the molecule is O=C(c1ccco1)N1CCC2(CC1)OCC(C(=O)N1CCc3ccccc3C1)N2C(=O)c1ccccc1. The van der Waals surface area contributed by atoms with Crippen molar-refractivity contribution in [3.05, 3.63) is 95.4 Å². The van der Waals surface area contributed by atoms with Crippen molar-refractivity contribution in [1.29, 1.82) is 0 Å². The van der Waals surface area contributed by atoms with Crippen molar-refractivity contribution in [2.45, 2.75) is 37.6 Å². The van der Waals surface area contributed by atoms with Crippen LogP contribution in [0.4, 0.5) is 0 Å². The lowest BCUT2D eigenvalue weighted by Crippen LogP contribution is -2.60. The smallest absolute Gasteiger partial charge is 0.289 e. The second kappa shape index (κ2) is 9.52. The van der Waals surface area contributed by atoms with E-state index in [9.17, 15) is 14.4 Å². The van der Waals surface area contributed by atoms with Crippen LogP contribution in [0.25, 0.3) is 0 Å². The number of carbonyl (C=O) groups is 3. The predicted octanol–water partition coefficient (Wildman–Crippen LogP) is 3.34. The van der Waals surface area contributed by atoms with Crippen LogP contribution in [0, 0.1) is 0 Å². The van der Waals surface area contributed by atoms with E-state index < -0.39 is 11.8 Å². The zero-order valence-corrected chi connectivity index (χ0v) is 20.5. The molecular formula is C29H29N3O5. The molecule has 1 atom stereocenters. The Labute approximate surface area is 215 Å². The van der Waals surface area contributed by atoms with Crippen LogP contribution in [-0.2, 0) is 22.5 Å². The minimum atomic E-state index is -0.944. The molecule has 2 aromatic carbocycles. The van der Waals surface area contributed by atoms with Crippen molar-refractivity contribution in [2.75, 3.05) is 26.2 Å². The molecule has 37 heavy (non-hydrogen) atoms. The van der Waals surface area contributed by atoms with Gasteiger partial charge in [-0.15, -0.1) is 0 Å². The molecule has 1 aromatic heterocycles. The number of hydrogen-bond acceptors (Lipinski definition) is 5. The molecule has 1 spiro atoms. The largest absolute Gasteiger partial charge is 0.459 e. The van der Waals surface area contributed by atoms with E-state index in [1.165, 1.54) is 11.8 Å². The highest BCUT2D eigenvalue weighted by Gasteiger charge is 2.55. The van der Waals surface area contributed by atoms with Crippen LogP contribution in [-0.4, -0.2) is 70.4 Å². The molecule has 0 saturated carbocycles. The van der Waals surface area contributed by atoms with Crippen LogP contribution in [0.2, 0.25) is 0 Å². The second-order valence-electron chi connectivity index (χ2n) is 9.86. The van der Waals surface area contributed by atoms with Crippen LogP contribution in [0.15, 0.2) is 77.4 Å². The van der Waals surface area contributed by atoms with Crippen LogP contribution in [0.3, 0.4) is 0 Å². The average Bonchev–Trinajstić information content (AvgIpc) is 3.62. The molecule has 1 unspecified atom stereocenters. The number of hydrogen-bond donors (Lipinski definition) is 0. The molecule has 190 valence electrons. The van der Waals surface area contributed by atoms with E-state index in [0.29, 0.717) is 50.3 Å². The number of ether oxygens (including phenoxy) is 1. The zero-order valence-electron chi connectivity index (χ0n) is 20.5. The van der Waals surface area contributed by atoms with E-state index in [1.807, 2.05) is 35.2 Å². The van der Waals surface area contributed by atoms with Crippen molar-refractivity contribution in [3.8, 4) is 0 Å². The van der Waals surface area contributed by atoms with Gasteiger partial charge < -0.3 is 19.0 Å². The number of benzene rings is 2. The van der Waals surface area contributed by atoms with Gasteiger partial charge in [-0.1, -0.05) is 42.5 Å². The lowest BCUT2D eigenvalue weighted by atomic mass is 9.95. The van der Waals surface area contributed by atoms with Crippen molar-refractivity contribution >= 4 is 17.7 Å². The first kappa shape index (κ1) is 23.5. The Hall–Kier alpha value is -3.91. The molecule has 0 N–H and O–H groups in total. The Kier molecular flexibility index (Phi) is 6.04. The molecule has 0 radical (unpaired) electrons. The Morgan fingerprint density at radius 2 is 1.51 bits per heavy atom. The maximum Gasteiger partial charge on any atom is 0.289 e. The standard InChI is InChI=1S/C29H29N3O5/c33-26(22-8-2-1-3-9-22)32-24(27(34)31-15-12-21-7-4-5-10-23(21)19-31)20-37-29(32)13-16-30(17-14-29)28(35)25-11-6-18-36-25/h1-11,18,24H,12-17,19-20H2. The number of furan rings is 1. The normalized spacial score (nSPS) is 20.6. The average molecular weight is 500 g/mol. The molecule has 0 bridgehead atoms. The molecule has 0 aliphatic carbocycles. The lowest BCUT2D eigenvalue weighted by Gasteiger charge is -2.45. The van der Waals surface area contributed by atoms with Crippen molar-refractivity contribution in [2.24, 2.45) is 0 Å². The van der Waals surface area contributed by atoms with Gasteiger partial charge >= 0.3 is 0 Å². The van der Waals surface area contributed by atoms with Gasteiger partial charge in [0, 0.05) is 44.6 Å². The summed E-state index contributed by atoms with van der Waals surface area (Å²) in [5, 5.41) is 0. The van der Waals surface area contributed by atoms with Gasteiger partial charge in [0.2, 0.25) is 5.91 Å². The fourth-order valence-electron chi connectivity index (χ4n) is 5.79. The zero-order chi connectivity index (χ0) is 25.4. The summed E-state index contributed by atoms with van der Waals surface area (Å²) in [5.74, 6) is -0.207. The van der Waals surface area contributed by atoms with Crippen molar-refractivity contribution in [3.63, 3.8) is 0 Å². The van der Waals surface area contributed by atoms with Crippen LogP contribution in [0.1, 0.15) is 44.9 Å². The molecule has 3 aromatic rings. The molecule has 2 fully saturated rings. The third kappa shape index (κ3) is 4.21. The molecular weight excluding hydrogens is 470 g/mol.